The van der Waals surface area contributed by atoms with Gasteiger partial charge in [0, 0.05) is 9.89 Å². The minimum atomic E-state index is -0.273. The van der Waals surface area contributed by atoms with Crippen LogP contribution in [0.1, 0.15) is 36.5 Å². The van der Waals surface area contributed by atoms with Crippen molar-refractivity contribution >= 4 is 15.9 Å². The van der Waals surface area contributed by atoms with E-state index >= 15 is 0 Å². The number of nitrogens with one attached hydrogen (secondary N) is 1. The van der Waals surface area contributed by atoms with E-state index in [-0.39, 0.29) is 11.5 Å². The number of aliphatic hydroxyl groups is 1. The van der Waals surface area contributed by atoms with Gasteiger partial charge >= 0.3 is 0 Å². The molecule has 0 saturated carbocycles. The molecule has 1 aliphatic heterocycles. The summed E-state index contributed by atoms with van der Waals surface area (Å²) in [6, 6.07) is 6.37. The van der Waals surface area contributed by atoms with Gasteiger partial charge in [-0.3, -0.25) is 0 Å². The van der Waals surface area contributed by atoms with Gasteiger partial charge in [-0.2, -0.15) is 0 Å². The molecule has 3 rings (SSSR count). The second-order valence-electron chi connectivity index (χ2n) is 4.98. The van der Waals surface area contributed by atoms with E-state index in [1.165, 1.54) is 5.56 Å². The van der Waals surface area contributed by atoms with Crippen molar-refractivity contribution in [2.75, 3.05) is 13.1 Å². The van der Waals surface area contributed by atoms with Crippen LogP contribution < -0.4 is 5.32 Å². The molecule has 16 heavy (non-hydrogen) atoms. The molecular formula is C13H16BrNO. The molecular weight excluding hydrogens is 266 g/mol. The summed E-state index contributed by atoms with van der Waals surface area (Å²) in [7, 11) is 0. The minimum absolute atomic E-state index is 0.237. The van der Waals surface area contributed by atoms with Crippen LogP contribution in [0.3, 0.4) is 0 Å². The first-order valence-electron chi connectivity index (χ1n) is 5.90. The fourth-order valence-corrected chi connectivity index (χ4v) is 3.64. The number of benzene rings is 1. The summed E-state index contributed by atoms with van der Waals surface area (Å²) in [5.74, 6) is 0. The van der Waals surface area contributed by atoms with E-state index < -0.39 is 0 Å². The Balaban J connectivity index is 2.07. The number of piperidine rings is 1. The van der Waals surface area contributed by atoms with E-state index in [0.717, 1.165) is 42.4 Å². The summed E-state index contributed by atoms with van der Waals surface area (Å²) >= 11 is 3.48. The first kappa shape index (κ1) is 10.8. The van der Waals surface area contributed by atoms with Gasteiger partial charge in [0.2, 0.25) is 0 Å². The van der Waals surface area contributed by atoms with E-state index in [2.05, 4.69) is 39.4 Å². The van der Waals surface area contributed by atoms with Gasteiger partial charge in [0.25, 0.3) is 0 Å². The average Bonchev–Trinajstić information content (AvgIpc) is 2.53. The summed E-state index contributed by atoms with van der Waals surface area (Å²) in [6.07, 6.45) is 2.93. The van der Waals surface area contributed by atoms with Gasteiger partial charge in [-0.1, -0.05) is 22.0 Å². The fraction of sp³-hybridized carbons (Fsp3) is 0.538. The van der Waals surface area contributed by atoms with Gasteiger partial charge in [0.05, 0.1) is 6.10 Å². The first-order valence-corrected chi connectivity index (χ1v) is 6.69. The molecule has 1 aliphatic carbocycles. The molecule has 0 bridgehead atoms. The van der Waals surface area contributed by atoms with Crippen LogP contribution in [-0.4, -0.2) is 18.2 Å². The van der Waals surface area contributed by atoms with E-state index in [9.17, 15) is 5.11 Å². The van der Waals surface area contributed by atoms with Gasteiger partial charge in [-0.25, -0.2) is 0 Å². The third-order valence-corrected chi connectivity index (χ3v) is 4.58. The lowest BCUT2D eigenvalue weighted by molar-refractivity contribution is 0.142. The number of rotatable bonds is 0. The monoisotopic (exact) mass is 281 g/mol. The number of fused-ring (bicyclic) bond motifs is 2. The molecule has 1 saturated heterocycles. The Bertz CT molecular complexity index is 412. The lowest BCUT2D eigenvalue weighted by Gasteiger charge is -2.35. The van der Waals surface area contributed by atoms with Crippen LogP contribution in [0.4, 0.5) is 0 Å². The molecule has 3 heteroatoms. The Hall–Kier alpha value is -0.380. The fourth-order valence-electron chi connectivity index (χ4n) is 3.26. The van der Waals surface area contributed by atoms with Gasteiger partial charge in [0.1, 0.15) is 0 Å². The number of hydrogen-bond acceptors (Lipinski definition) is 2. The Morgan fingerprint density at radius 2 is 2.06 bits per heavy atom. The van der Waals surface area contributed by atoms with Crippen molar-refractivity contribution in [1.29, 1.82) is 0 Å². The van der Waals surface area contributed by atoms with Crippen molar-refractivity contribution in [3.05, 3.63) is 33.8 Å². The molecule has 86 valence electrons. The van der Waals surface area contributed by atoms with E-state index in [4.69, 9.17) is 0 Å². The minimum Gasteiger partial charge on any atom is -0.388 e. The Morgan fingerprint density at radius 1 is 1.31 bits per heavy atom. The Kier molecular flexibility index (Phi) is 2.57. The topological polar surface area (TPSA) is 32.3 Å². The zero-order valence-electron chi connectivity index (χ0n) is 9.17. The van der Waals surface area contributed by atoms with Gasteiger partial charge in [-0.15, -0.1) is 0 Å². The highest BCUT2D eigenvalue weighted by Gasteiger charge is 2.43. The number of halogens is 1. The number of aliphatic hydroxyl groups excluding tert-OH is 1. The van der Waals surface area contributed by atoms with Gasteiger partial charge < -0.3 is 10.4 Å². The van der Waals surface area contributed by atoms with Crippen molar-refractivity contribution in [3.8, 4) is 0 Å². The highest BCUT2D eigenvalue weighted by atomic mass is 79.9. The van der Waals surface area contributed by atoms with Crippen LogP contribution >= 0.6 is 15.9 Å². The molecule has 0 radical (unpaired) electrons. The van der Waals surface area contributed by atoms with Crippen LogP contribution in [0, 0.1) is 0 Å². The molecule has 1 aromatic rings. The summed E-state index contributed by atoms with van der Waals surface area (Å²) < 4.78 is 1.07. The molecule has 0 unspecified atom stereocenters. The second-order valence-corrected chi connectivity index (χ2v) is 5.90. The maximum atomic E-state index is 10.2. The summed E-state index contributed by atoms with van der Waals surface area (Å²) in [5.41, 5.74) is 2.75. The van der Waals surface area contributed by atoms with Crippen molar-refractivity contribution < 1.29 is 5.11 Å². The molecule has 1 atom stereocenters. The summed E-state index contributed by atoms with van der Waals surface area (Å²) in [5, 5.41) is 13.6. The normalized spacial score (nSPS) is 27.0. The average molecular weight is 282 g/mol. The predicted molar refractivity (Wildman–Crippen MR) is 67.5 cm³/mol. The maximum Gasteiger partial charge on any atom is 0.0801 e. The maximum absolute atomic E-state index is 10.2. The SMILES string of the molecule is O[C@@H]1CC2(CCNCC2)c2ccc(Br)cc21. The lowest BCUT2D eigenvalue weighted by atomic mass is 9.74. The van der Waals surface area contributed by atoms with Crippen LogP contribution in [-0.2, 0) is 5.41 Å². The Labute approximate surface area is 104 Å². The zero-order valence-corrected chi connectivity index (χ0v) is 10.8. The molecule has 2 aliphatic rings. The third-order valence-electron chi connectivity index (χ3n) is 4.09. The van der Waals surface area contributed by atoms with E-state index in [1.54, 1.807) is 0 Å². The highest BCUT2D eigenvalue weighted by molar-refractivity contribution is 9.10. The molecule has 1 fully saturated rings. The molecule has 0 aromatic heterocycles. The van der Waals surface area contributed by atoms with Crippen molar-refractivity contribution in [1.82, 2.24) is 5.32 Å². The Morgan fingerprint density at radius 3 is 2.81 bits per heavy atom. The standard InChI is InChI=1S/C13H16BrNO/c14-9-1-2-11-10(7-9)12(16)8-13(11)3-5-15-6-4-13/h1-2,7,12,15-16H,3-6,8H2/t12-/m1/s1. The zero-order chi connectivity index (χ0) is 11.2. The summed E-state index contributed by atoms with van der Waals surface area (Å²) in [4.78, 5) is 0. The molecule has 2 N–H and O–H groups in total. The summed E-state index contributed by atoms with van der Waals surface area (Å²) in [6.45, 7) is 2.14. The predicted octanol–water partition coefficient (Wildman–Crippen LogP) is 2.51. The molecule has 2 nitrogen and oxygen atoms in total. The van der Waals surface area contributed by atoms with E-state index in [1.807, 2.05) is 0 Å². The molecule has 1 spiro atoms. The van der Waals surface area contributed by atoms with Crippen molar-refractivity contribution in [3.63, 3.8) is 0 Å². The second kappa shape index (κ2) is 3.83. The van der Waals surface area contributed by atoms with Gasteiger partial charge in [-0.05, 0) is 55.6 Å². The molecule has 1 aromatic carbocycles. The first-order chi connectivity index (χ1) is 7.71. The van der Waals surface area contributed by atoms with E-state index in [0.29, 0.717) is 0 Å². The van der Waals surface area contributed by atoms with Crippen LogP contribution in [0.15, 0.2) is 22.7 Å². The highest BCUT2D eigenvalue weighted by Crippen LogP contribution is 2.50. The number of hydrogen-bond donors (Lipinski definition) is 2. The quantitative estimate of drug-likeness (QED) is 0.766. The molecule has 0 amide bonds. The van der Waals surface area contributed by atoms with Crippen LogP contribution in [0.2, 0.25) is 0 Å². The third kappa shape index (κ3) is 1.53. The smallest absolute Gasteiger partial charge is 0.0801 e. The molecule has 1 heterocycles. The lowest BCUT2D eigenvalue weighted by Crippen LogP contribution is -2.38. The van der Waals surface area contributed by atoms with Crippen LogP contribution in [0.5, 0.6) is 0 Å². The largest absolute Gasteiger partial charge is 0.388 e. The van der Waals surface area contributed by atoms with Gasteiger partial charge in [0.15, 0.2) is 0 Å². The van der Waals surface area contributed by atoms with Crippen molar-refractivity contribution in [2.24, 2.45) is 0 Å². The van der Waals surface area contributed by atoms with Crippen molar-refractivity contribution in [2.45, 2.75) is 30.8 Å². The van der Waals surface area contributed by atoms with Crippen LogP contribution in [0.25, 0.3) is 0 Å².